The summed E-state index contributed by atoms with van der Waals surface area (Å²) in [6.45, 7) is 2.36. The predicted molar refractivity (Wildman–Crippen MR) is 97.8 cm³/mol. The van der Waals surface area contributed by atoms with Gasteiger partial charge in [0.25, 0.3) is 0 Å². The van der Waals surface area contributed by atoms with Gasteiger partial charge in [-0.15, -0.1) is 0 Å². The second kappa shape index (κ2) is 7.37. The van der Waals surface area contributed by atoms with E-state index in [2.05, 4.69) is 0 Å². The van der Waals surface area contributed by atoms with E-state index in [4.69, 9.17) is 20.8 Å². The van der Waals surface area contributed by atoms with Gasteiger partial charge in [-0.1, -0.05) is 54.9 Å². The lowest BCUT2D eigenvalue weighted by Crippen LogP contribution is -2.01. The molecule has 3 aromatic rings. The molecule has 0 saturated carbocycles. The van der Waals surface area contributed by atoms with Crippen LogP contribution in [0.3, 0.4) is 0 Å². The summed E-state index contributed by atoms with van der Waals surface area (Å²) in [4.78, 5) is 11.6. The molecule has 0 aliphatic heterocycles. The summed E-state index contributed by atoms with van der Waals surface area (Å²) in [6.07, 6.45) is 4.62. The SMILES string of the molecule is CCc1cc(=O)oc2cc(OCC=Cc3ccccc3)c(Cl)cc12. The minimum absolute atomic E-state index is 0.364. The molecule has 0 amide bonds. The zero-order valence-electron chi connectivity index (χ0n) is 13.3. The van der Waals surface area contributed by atoms with Crippen LogP contribution >= 0.6 is 11.6 Å². The van der Waals surface area contributed by atoms with Crippen LogP contribution < -0.4 is 10.4 Å². The Labute approximate surface area is 145 Å². The molecule has 3 rings (SSSR count). The lowest BCUT2D eigenvalue weighted by Gasteiger charge is -2.09. The van der Waals surface area contributed by atoms with Crippen LogP contribution in [0.2, 0.25) is 5.02 Å². The minimum atomic E-state index is -0.364. The van der Waals surface area contributed by atoms with E-state index in [1.807, 2.05) is 49.4 Å². The second-order valence-electron chi connectivity index (χ2n) is 5.35. The van der Waals surface area contributed by atoms with Gasteiger partial charge in [0.2, 0.25) is 0 Å². The highest BCUT2D eigenvalue weighted by molar-refractivity contribution is 6.32. The van der Waals surface area contributed by atoms with Crippen molar-refractivity contribution in [1.29, 1.82) is 0 Å². The summed E-state index contributed by atoms with van der Waals surface area (Å²) >= 11 is 6.30. The first-order chi connectivity index (χ1) is 11.7. The fourth-order valence-electron chi connectivity index (χ4n) is 2.52. The molecule has 0 unspecified atom stereocenters. The van der Waals surface area contributed by atoms with Crippen molar-refractivity contribution in [3.05, 3.63) is 81.2 Å². The molecule has 3 nitrogen and oxygen atoms in total. The Hall–Kier alpha value is -2.52. The number of fused-ring (bicyclic) bond motifs is 1. The summed E-state index contributed by atoms with van der Waals surface area (Å²) in [5.41, 5.74) is 2.14. The van der Waals surface area contributed by atoms with E-state index in [0.29, 0.717) is 23.0 Å². The van der Waals surface area contributed by atoms with Gasteiger partial charge in [0.05, 0.1) is 5.02 Å². The highest BCUT2D eigenvalue weighted by Gasteiger charge is 2.10. The molecule has 0 atom stereocenters. The summed E-state index contributed by atoms with van der Waals surface area (Å²) in [5.74, 6) is 0.498. The highest BCUT2D eigenvalue weighted by Crippen LogP contribution is 2.31. The first kappa shape index (κ1) is 16.3. The van der Waals surface area contributed by atoms with Crippen molar-refractivity contribution in [2.75, 3.05) is 6.61 Å². The molecule has 0 aliphatic rings. The van der Waals surface area contributed by atoms with Crippen LogP contribution in [-0.2, 0) is 6.42 Å². The molecule has 0 N–H and O–H groups in total. The third-order valence-corrected chi connectivity index (χ3v) is 4.00. The summed E-state index contributed by atoms with van der Waals surface area (Å²) < 4.78 is 11.0. The smallest absolute Gasteiger partial charge is 0.336 e. The number of ether oxygens (including phenoxy) is 1. The van der Waals surface area contributed by atoms with Crippen LogP contribution in [-0.4, -0.2) is 6.61 Å². The monoisotopic (exact) mass is 340 g/mol. The van der Waals surface area contributed by atoms with E-state index in [9.17, 15) is 4.79 Å². The quantitative estimate of drug-likeness (QED) is 0.606. The van der Waals surface area contributed by atoms with Crippen LogP contribution in [0.25, 0.3) is 17.0 Å². The van der Waals surface area contributed by atoms with Gasteiger partial charge >= 0.3 is 5.63 Å². The number of aryl methyl sites for hydroxylation is 1. The molecular weight excluding hydrogens is 324 g/mol. The first-order valence-corrected chi connectivity index (χ1v) is 8.16. The maximum atomic E-state index is 11.6. The molecule has 122 valence electrons. The standard InChI is InChI=1S/C20H17ClO3/c1-2-15-11-20(22)24-18-13-19(17(21)12-16(15)18)23-10-6-9-14-7-4-3-5-8-14/h3-9,11-13H,2,10H2,1H3. The van der Waals surface area contributed by atoms with Crippen LogP contribution in [0, 0.1) is 0 Å². The summed E-state index contributed by atoms with van der Waals surface area (Å²) in [6, 6.07) is 14.9. The van der Waals surface area contributed by atoms with Gasteiger partial charge in [-0.05, 0) is 29.7 Å². The zero-order chi connectivity index (χ0) is 16.9. The van der Waals surface area contributed by atoms with E-state index in [0.717, 1.165) is 22.9 Å². The molecule has 1 aromatic heterocycles. The Bertz CT molecular complexity index is 927. The number of hydrogen-bond donors (Lipinski definition) is 0. The van der Waals surface area contributed by atoms with Gasteiger partial charge in [-0.3, -0.25) is 0 Å². The first-order valence-electron chi connectivity index (χ1n) is 7.78. The van der Waals surface area contributed by atoms with Crippen molar-refractivity contribution >= 4 is 28.6 Å². The van der Waals surface area contributed by atoms with E-state index in [1.54, 1.807) is 12.1 Å². The lowest BCUT2D eigenvalue weighted by molar-refractivity contribution is 0.363. The van der Waals surface area contributed by atoms with Crippen molar-refractivity contribution < 1.29 is 9.15 Å². The Morgan fingerprint density at radius 3 is 2.71 bits per heavy atom. The Kier molecular flexibility index (Phi) is 5.02. The Balaban J connectivity index is 1.81. The van der Waals surface area contributed by atoms with Crippen LogP contribution in [0.1, 0.15) is 18.1 Å². The normalized spacial score (nSPS) is 11.2. The summed E-state index contributed by atoms with van der Waals surface area (Å²) in [7, 11) is 0. The van der Waals surface area contributed by atoms with Crippen LogP contribution in [0.4, 0.5) is 0 Å². The third-order valence-electron chi connectivity index (χ3n) is 3.71. The number of halogens is 1. The van der Waals surface area contributed by atoms with Gasteiger partial charge in [0.1, 0.15) is 17.9 Å². The maximum Gasteiger partial charge on any atom is 0.336 e. The van der Waals surface area contributed by atoms with Crippen molar-refractivity contribution in [2.45, 2.75) is 13.3 Å². The zero-order valence-corrected chi connectivity index (χ0v) is 14.0. The molecule has 0 aliphatic carbocycles. The van der Waals surface area contributed by atoms with Gasteiger partial charge in [-0.25, -0.2) is 4.79 Å². The number of hydrogen-bond acceptors (Lipinski definition) is 3. The van der Waals surface area contributed by atoms with Gasteiger partial charge in [-0.2, -0.15) is 0 Å². The molecule has 0 radical (unpaired) electrons. The summed E-state index contributed by atoms with van der Waals surface area (Å²) in [5, 5.41) is 1.34. The number of benzene rings is 2. The van der Waals surface area contributed by atoms with E-state index in [1.165, 1.54) is 6.07 Å². The van der Waals surface area contributed by atoms with E-state index < -0.39 is 0 Å². The largest absolute Gasteiger partial charge is 0.488 e. The third kappa shape index (κ3) is 3.69. The lowest BCUT2D eigenvalue weighted by atomic mass is 10.1. The molecule has 0 spiro atoms. The molecule has 1 heterocycles. The Morgan fingerprint density at radius 1 is 1.17 bits per heavy atom. The fourth-order valence-corrected chi connectivity index (χ4v) is 2.74. The fraction of sp³-hybridized carbons (Fsp3) is 0.150. The van der Waals surface area contributed by atoms with Crippen LogP contribution in [0.5, 0.6) is 5.75 Å². The topological polar surface area (TPSA) is 39.4 Å². The highest BCUT2D eigenvalue weighted by atomic mass is 35.5. The molecule has 24 heavy (non-hydrogen) atoms. The maximum absolute atomic E-state index is 11.6. The molecular formula is C20H17ClO3. The van der Waals surface area contributed by atoms with Gasteiger partial charge < -0.3 is 9.15 Å². The predicted octanol–water partition coefficient (Wildman–Crippen LogP) is 5.10. The van der Waals surface area contributed by atoms with E-state index in [-0.39, 0.29) is 5.63 Å². The van der Waals surface area contributed by atoms with Gasteiger partial charge in [0, 0.05) is 17.5 Å². The molecule has 0 fully saturated rings. The van der Waals surface area contributed by atoms with E-state index >= 15 is 0 Å². The Morgan fingerprint density at radius 2 is 1.96 bits per heavy atom. The molecule has 0 saturated heterocycles. The molecule has 4 heteroatoms. The van der Waals surface area contributed by atoms with Crippen molar-refractivity contribution in [3.8, 4) is 5.75 Å². The van der Waals surface area contributed by atoms with Crippen LogP contribution in [0.15, 0.2) is 63.8 Å². The molecule has 2 aromatic carbocycles. The van der Waals surface area contributed by atoms with Crippen molar-refractivity contribution in [3.63, 3.8) is 0 Å². The average Bonchev–Trinajstić information content (AvgIpc) is 2.59. The van der Waals surface area contributed by atoms with Gasteiger partial charge in [0.15, 0.2) is 0 Å². The van der Waals surface area contributed by atoms with Crippen molar-refractivity contribution in [2.24, 2.45) is 0 Å². The second-order valence-corrected chi connectivity index (χ2v) is 5.75. The number of rotatable bonds is 5. The average molecular weight is 341 g/mol. The van der Waals surface area contributed by atoms with Crippen molar-refractivity contribution in [1.82, 2.24) is 0 Å². The minimum Gasteiger partial charge on any atom is -0.488 e. The molecule has 0 bridgehead atoms.